The zero-order valence-electron chi connectivity index (χ0n) is 21.4. The summed E-state index contributed by atoms with van der Waals surface area (Å²) >= 11 is 1.14. The first-order valence-electron chi connectivity index (χ1n) is 11.8. The van der Waals surface area contributed by atoms with Crippen molar-refractivity contribution in [3.63, 3.8) is 0 Å². The van der Waals surface area contributed by atoms with Gasteiger partial charge in [0.2, 0.25) is 0 Å². The maximum Gasteiger partial charge on any atom is 0.274 e. The number of nitriles is 2. The van der Waals surface area contributed by atoms with Crippen LogP contribution in [0, 0.1) is 22.7 Å². The number of benzene rings is 2. The lowest BCUT2D eigenvalue weighted by Crippen LogP contribution is -2.38. The number of hydrogen-bond donors (Lipinski definition) is 1. The van der Waals surface area contributed by atoms with E-state index in [1.54, 1.807) is 49.6 Å². The number of methoxy groups -OCH3 is 2. The van der Waals surface area contributed by atoms with Gasteiger partial charge in [-0.25, -0.2) is 0 Å². The van der Waals surface area contributed by atoms with Crippen molar-refractivity contribution in [2.45, 2.75) is 19.8 Å². The molecule has 1 aliphatic heterocycles. The van der Waals surface area contributed by atoms with Crippen LogP contribution in [-0.2, 0) is 0 Å². The Morgan fingerprint density at radius 3 is 2.13 bits per heavy atom. The minimum Gasteiger partial charge on any atom is -0.493 e. The quantitative estimate of drug-likeness (QED) is 0.470. The Kier molecular flexibility index (Phi) is 7.75. The van der Waals surface area contributed by atoms with Crippen LogP contribution in [-0.4, -0.2) is 32.0 Å². The van der Waals surface area contributed by atoms with Crippen molar-refractivity contribution in [3.8, 4) is 35.1 Å². The van der Waals surface area contributed by atoms with Crippen molar-refractivity contribution >= 4 is 28.8 Å². The third-order valence-corrected chi connectivity index (χ3v) is 7.10. The third-order valence-electron chi connectivity index (χ3n) is 6.00. The number of nitrogens with zero attached hydrogens (tertiary/aromatic N) is 3. The molecule has 38 heavy (non-hydrogen) atoms. The van der Waals surface area contributed by atoms with E-state index in [1.165, 1.54) is 11.7 Å². The molecule has 0 saturated carbocycles. The molecule has 3 aromatic rings. The van der Waals surface area contributed by atoms with Gasteiger partial charge in [0.25, 0.3) is 5.56 Å². The smallest absolute Gasteiger partial charge is 0.274 e. The van der Waals surface area contributed by atoms with Gasteiger partial charge in [-0.3, -0.25) is 9.36 Å². The summed E-state index contributed by atoms with van der Waals surface area (Å²) in [6.07, 6.45) is 1.69. The lowest BCUT2D eigenvalue weighted by Gasteiger charge is -2.23. The number of ether oxygens (including phenoxy) is 4. The van der Waals surface area contributed by atoms with E-state index < -0.39 is 11.5 Å². The summed E-state index contributed by atoms with van der Waals surface area (Å²) in [7, 11) is 3.06. The van der Waals surface area contributed by atoms with E-state index in [0.717, 1.165) is 11.3 Å². The minimum absolute atomic E-state index is 0.00970. The molecule has 2 N–H and O–H groups in total. The topological polar surface area (TPSA) is 133 Å². The number of rotatable bonds is 8. The van der Waals surface area contributed by atoms with Crippen LogP contribution in [0.15, 0.2) is 46.8 Å². The van der Waals surface area contributed by atoms with Crippen LogP contribution < -0.4 is 39.4 Å². The highest BCUT2D eigenvalue weighted by molar-refractivity contribution is 7.07. The molecule has 9 nitrogen and oxygen atoms in total. The average molecular weight is 531 g/mol. The molecule has 0 aliphatic carbocycles. The van der Waals surface area contributed by atoms with Crippen molar-refractivity contribution < 1.29 is 18.9 Å². The van der Waals surface area contributed by atoms with Gasteiger partial charge in [0.05, 0.1) is 61.2 Å². The predicted octanol–water partition coefficient (Wildman–Crippen LogP) is 2.68. The van der Waals surface area contributed by atoms with Crippen LogP contribution in [0.1, 0.15) is 30.9 Å². The second-order valence-electron chi connectivity index (χ2n) is 8.11. The van der Waals surface area contributed by atoms with Crippen molar-refractivity contribution in [1.82, 2.24) is 4.57 Å². The van der Waals surface area contributed by atoms with E-state index in [9.17, 15) is 15.3 Å². The van der Waals surface area contributed by atoms with Crippen LogP contribution in [0.3, 0.4) is 0 Å². The van der Waals surface area contributed by atoms with E-state index in [1.807, 2.05) is 13.8 Å². The highest BCUT2D eigenvalue weighted by Crippen LogP contribution is 2.39. The van der Waals surface area contributed by atoms with E-state index >= 15 is 0 Å². The molecule has 0 spiro atoms. The highest BCUT2D eigenvalue weighted by Gasteiger charge is 2.32. The fourth-order valence-corrected chi connectivity index (χ4v) is 5.45. The number of aromatic nitrogens is 1. The van der Waals surface area contributed by atoms with E-state index in [0.29, 0.717) is 56.5 Å². The summed E-state index contributed by atoms with van der Waals surface area (Å²) in [4.78, 5) is 13.4. The number of thiazole rings is 1. The molecule has 1 aromatic heterocycles. The Balaban J connectivity index is 1.95. The number of hydrogen-bond acceptors (Lipinski definition) is 9. The lowest BCUT2D eigenvalue weighted by atomic mass is 9.84. The molecule has 10 heteroatoms. The molecule has 1 unspecified atom stereocenters. The SMILES string of the molecule is CCOc1ccc(C=c2sc3n(c2=O)C(N)=C(C#N)C(c2ccc(OCC)c(OC)c2)C=3C#N)cc1OC. The number of fused-ring (bicyclic) bond motifs is 1. The van der Waals surface area contributed by atoms with Crippen LogP contribution in [0.2, 0.25) is 0 Å². The molecule has 0 radical (unpaired) electrons. The van der Waals surface area contributed by atoms with Gasteiger partial charge in [0, 0.05) is 0 Å². The molecule has 0 amide bonds. The first kappa shape index (κ1) is 26.4. The average Bonchev–Trinajstić information content (AvgIpc) is 3.25. The summed E-state index contributed by atoms with van der Waals surface area (Å²) in [6, 6.07) is 14.9. The fraction of sp³-hybridized carbons (Fsp3) is 0.250. The third kappa shape index (κ3) is 4.58. The van der Waals surface area contributed by atoms with Crippen molar-refractivity contribution in [2.75, 3.05) is 27.4 Å². The van der Waals surface area contributed by atoms with Crippen molar-refractivity contribution in [2.24, 2.45) is 5.73 Å². The maximum atomic E-state index is 13.4. The molecule has 0 fully saturated rings. The molecular formula is C28H26N4O5S. The molecule has 2 heterocycles. The lowest BCUT2D eigenvalue weighted by molar-refractivity contribution is 0.310. The van der Waals surface area contributed by atoms with Crippen LogP contribution in [0.4, 0.5) is 0 Å². The van der Waals surface area contributed by atoms with Gasteiger partial charge < -0.3 is 24.7 Å². The van der Waals surface area contributed by atoms with Crippen LogP contribution >= 0.6 is 11.3 Å². The van der Waals surface area contributed by atoms with E-state index in [2.05, 4.69) is 12.1 Å². The van der Waals surface area contributed by atoms with Gasteiger partial charge in [0.1, 0.15) is 10.5 Å². The molecule has 2 aromatic carbocycles. The van der Waals surface area contributed by atoms with Crippen LogP contribution in [0.25, 0.3) is 17.5 Å². The Labute approximate surface area is 223 Å². The predicted molar refractivity (Wildman–Crippen MR) is 145 cm³/mol. The summed E-state index contributed by atoms with van der Waals surface area (Å²) < 4.78 is 24.0. The second kappa shape index (κ2) is 11.2. The second-order valence-corrected chi connectivity index (χ2v) is 9.14. The van der Waals surface area contributed by atoms with Crippen molar-refractivity contribution in [1.29, 1.82) is 10.5 Å². The van der Waals surface area contributed by atoms with Gasteiger partial charge in [-0.1, -0.05) is 12.1 Å². The number of nitrogens with two attached hydrogens (primary N) is 1. The maximum absolute atomic E-state index is 13.4. The Bertz CT molecular complexity index is 1690. The van der Waals surface area contributed by atoms with E-state index in [4.69, 9.17) is 24.7 Å². The first-order chi connectivity index (χ1) is 18.4. The van der Waals surface area contributed by atoms with Gasteiger partial charge in [-0.05, 0) is 55.3 Å². The summed E-state index contributed by atoms with van der Waals surface area (Å²) in [6.45, 7) is 4.68. The van der Waals surface area contributed by atoms with Gasteiger partial charge in [-0.15, -0.1) is 11.3 Å². The molecule has 1 aliphatic rings. The summed E-state index contributed by atoms with van der Waals surface area (Å²) in [5.74, 6) is 1.34. The largest absolute Gasteiger partial charge is 0.493 e. The fourth-order valence-electron chi connectivity index (χ4n) is 4.32. The summed E-state index contributed by atoms with van der Waals surface area (Å²) in [5.41, 5.74) is 7.65. The number of allylic oxidation sites excluding steroid dienone is 1. The van der Waals surface area contributed by atoms with E-state index in [-0.39, 0.29) is 17.0 Å². The monoisotopic (exact) mass is 530 g/mol. The molecule has 4 rings (SSSR count). The van der Waals surface area contributed by atoms with Gasteiger partial charge >= 0.3 is 0 Å². The van der Waals surface area contributed by atoms with Crippen LogP contribution in [0.5, 0.6) is 23.0 Å². The minimum atomic E-state index is -0.772. The van der Waals surface area contributed by atoms with Gasteiger partial charge in [-0.2, -0.15) is 10.5 Å². The molecule has 0 bridgehead atoms. The highest BCUT2D eigenvalue weighted by atomic mass is 32.1. The Morgan fingerprint density at radius 2 is 1.55 bits per heavy atom. The first-order valence-corrected chi connectivity index (χ1v) is 12.6. The molecule has 194 valence electrons. The zero-order valence-corrected chi connectivity index (χ0v) is 22.2. The van der Waals surface area contributed by atoms with Crippen molar-refractivity contribution in [3.05, 3.63) is 72.6 Å². The Hall–Kier alpha value is -4.67. The molecule has 0 saturated heterocycles. The zero-order chi connectivity index (χ0) is 27.4. The normalized spacial score (nSPS) is 14.9. The molecule has 1 atom stereocenters. The van der Waals surface area contributed by atoms with Gasteiger partial charge in [0.15, 0.2) is 23.0 Å². The standard InChI is InChI=1S/C28H26N4O5S/c1-5-36-20-9-7-16(11-22(20)34-3)12-24-27(33)32-26(31)18(14-29)25(19(15-30)28(32)38-24)17-8-10-21(37-6-2)23(13-17)35-4/h7-13,25H,5-6,31H2,1-4H3. The summed E-state index contributed by atoms with van der Waals surface area (Å²) in [5, 5.41) is 20.3. The Morgan fingerprint density at radius 1 is 0.947 bits per heavy atom. The molecular weight excluding hydrogens is 504 g/mol.